The van der Waals surface area contributed by atoms with Gasteiger partial charge in [-0.15, -0.1) is 0 Å². The normalized spacial score (nSPS) is 21.0. The fraction of sp³-hybridized carbons (Fsp3) is 0.367. The molecule has 2 aromatic heterocycles. The van der Waals surface area contributed by atoms with E-state index >= 15 is 4.39 Å². The number of alkyl halides is 1. The Hall–Kier alpha value is -3.68. The summed E-state index contributed by atoms with van der Waals surface area (Å²) in [4.78, 5) is 14.7. The molecule has 2 N–H and O–H groups in total. The van der Waals surface area contributed by atoms with Crippen LogP contribution in [-0.4, -0.2) is 66.7 Å². The van der Waals surface area contributed by atoms with E-state index in [1.807, 2.05) is 0 Å². The number of anilines is 2. The Bertz CT molecular complexity index is 1810. The number of halogens is 4. The number of benzene rings is 2. The van der Waals surface area contributed by atoms with E-state index in [0.717, 1.165) is 50.4 Å². The molecule has 1 aliphatic heterocycles. The number of nitrogens with one attached hydrogen (secondary N) is 2. The third-order valence-corrected chi connectivity index (χ3v) is 9.75. The molecular weight excluding hydrogens is 617 g/mol. The van der Waals surface area contributed by atoms with Crippen LogP contribution in [0, 0.1) is 11.6 Å². The molecule has 44 heavy (non-hydrogen) atoms. The molecule has 0 radical (unpaired) electrons. The summed E-state index contributed by atoms with van der Waals surface area (Å²) >= 11 is 5.92. The molecule has 1 aliphatic carbocycles. The van der Waals surface area contributed by atoms with Crippen LogP contribution < -0.4 is 14.8 Å². The summed E-state index contributed by atoms with van der Waals surface area (Å²) < 4.78 is 77.6. The molecule has 232 valence electrons. The van der Waals surface area contributed by atoms with Gasteiger partial charge in [0.15, 0.2) is 10.7 Å². The van der Waals surface area contributed by atoms with Gasteiger partial charge in [-0.1, -0.05) is 17.7 Å². The zero-order valence-corrected chi connectivity index (χ0v) is 25.3. The topological polar surface area (TPSA) is 109 Å². The van der Waals surface area contributed by atoms with E-state index in [4.69, 9.17) is 16.3 Å². The van der Waals surface area contributed by atoms with Crippen molar-refractivity contribution in [1.29, 1.82) is 0 Å². The van der Waals surface area contributed by atoms with Crippen molar-refractivity contribution in [3.63, 3.8) is 0 Å². The number of hydrogen-bond acceptors (Lipinski definition) is 8. The van der Waals surface area contributed by atoms with Gasteiger partial charge in [0.25, 0.3) is 10.0 Å². The van der Waals surface area contributed by atoms with Gasteiger partial charge in [0.05, 0.1) is 28.9 Å². The molecule has 2 aliphatic rings. The predicted molar refractivity (Wildman–Crippen MR) is 162 cm³/mol. The number of aromatic nitrogens is 3. The van der Waals surface area contributed by atoms with Crippen molar-refractivity contribution in [3.8, 4) is 17.0 Å². The van der Waals surface area contributed by atoms with Crippen LogP contribution in [0.4, 0.5) is 24.8 Å². The summed E-state index contributed by atoms with van der Waals surface area (Å²) in [5.74, 6) is -1.76. The van der Waals surface area contributed by atoms with E-state index in [0.29, 0.717) is 35.9 Å². The Balaban J connectivity index is 1.19. The van der Waals surface area contributed by atoms with Gasteiger partial charge in [0.2, 0.25) is 11.8 Å². The van der Waals surface area contributed by atoms with Crippen LogP contribution in [0.3, 0.4) is 0 Å². The number of rotatable bonds is 8. The highest BCUT2D eigenvalue weighted by Crippen LogP contribution is 2.35. The summed E-state index contributed by atoms with van der Waals surface area (Å²) in [7, 11) is -3.17. The zero-order valence-electron chi connectivity index (χ0n) is 23.7. The molecule has 1 saturated heterocycles. The van der Waals surface area contributed by atoms with Gasteiger partial charge in [-0.3, -0.25) is 9.62 Å². The summed E-state index contributed by atoms with van der Waals surface area (Å²) in [5.41, 5.74) is -0.137. The molecule has 14 heteroatoms. The first kappa shape index (κ1) is 30.4. The average Bonchev–Trinajstić information content (AvgIpc) is 3.45. The Morgan fingerprint density at radius 2 is 1.82 bits per heavy atom. The Morgan fingerprint density at radius 1 is 1.02 bits per heavy atom. The summed E-state index contributed by atoms with van der Waals surface area (Å²) in [5, 5.41) is 3.97. The Kier molecular flexibility index (Phi) is 8.53. The molecule has 2 aromatic carbocycles. The Morgan fingerprint density at radius 3 is 2.55 bits per heavy atom. The van der Waals surface area contributed by atoms with Crippen molar-refractivity contribution < 1.29 is 26.3 Å². The molecule has 9 nitrogen and oxygen atoms in total. The first-order valence-corrected chi connectivity index (χ1v) is 16.1. The molecule has 3 heterocycles. The first-order valence-electron chi connectivity index (χ1n) is 14.2. The van der Waals surface area contributed by atoms with Gasteiger partial charge in [0.1, 0.15) is 12.0 Å². The van der Waals surface area contributed by atoms with Crippen molar-refractivity contribution in [2.75, 3.05) is 30.2 Å². The van der Waals surface area contributed by atoms with Crippen LogP contribution in [0.2, 0.25) is 5.02 Å². The highest BCUT2D eigenvalue weighted by molar-refractivity contribution is 7.92. The maximum Gasteiger partial charge on any atom is 0.267 e. The molecule has 2 fully saturated rings. The maximum absolute atomic E-state index is 15.7. The summed E-state index contributed by atoms with van der Waals surface area (Å²) in [6.07, 6.45) is 6.51. The van der Waals surface area contributed by atoms with Crippen molar-refractivity contribution in [1.82, 2.24) is 19.9 Å². The van der Waals surface area contributed by atoms with Crippen molar-refractivity contribution >= 4 is 44.2 Å². The third-order valence-electron chi connectivity index (χ3n) is 8.18. The smallest absolute Gasteiger partial charge is 0.267 e. The Labute approximate surface area is 257 Å². The lowest BCUT2D eigenvalue weighted by Gasteiger charge is -2.34. The predicted octanol–water partition coefficient (Wildman–Crippen LogP) is 6.20. The lowest BCUT2D eigenvalue weighted by atomic mass is 9.90. The summed E-state index contributed by atoms with van der Waals surface area (Å²) in [6, 6.07) is 8.39. The number of fused-ring (bicyclic) bond motifs is 1. The number of nitrogens with zero attached hydrogens (tertiary/aromatic N) is 4. The molecule has 1 atom stereocenters. The van der Waals surface area contributed by atoms with E-state index in [1.165, 1.54) is 19.4 Å². The van der Waals surface area contributed by atoms with E-state index in [2.05, 4.69) is 29.9 Å². The minimum absolute atomic E-state index is 0.0329. The number of pyridine rings is 1. The lowest BCUT2D eigenvalue weighted by Crippen LogP contribution is -2.39. The average molecular weight is 647 g/mol. The molecule has 4 aromatic rings. The molecule has 0 bridgehead atoms. The number of hydrogen-bond donors (Lipinski definition) is 2. The number of sulfonamides is 1. The lowest BCUT2D eigenvalue weighted by molar-refractivity contribution is 0.173. The van der Waals surface area contributed by atoms with Crippen molar-refractivity contribution in [3.05, 3.63) is 65.4 Å². The monoisotopic (exact) mass is 646 g/mol. The zero-order chi connectivity index (χ0) is 31.0. The highest BCUT2D eigenvalue weighted by Gasteiger charge is 2.31. The van der Waals surface area contributed by atoms with E-state index < -0.39 is 44.0 Å². The van der Waals surface area contributed by atoms with Gasteiger partial charge in [-0.2, -0.15) is 0 Å². The molecule has 1 saturated carbocycles. The SMILES string of the molecule is COc1ncc(Cl)cc1S(=O)(=O)Nc1ccc(F)c(-c2ccc3nc(N[C@H]4CC[C@H](N5CC[C@@H](F)C5)CC4)ncc3c2)c1F. The maximum atomic E-state index is 15.7. The minimum atomic E-state index is -4.40. The second-order valence-corrected chi connectivity index (χ2v) is 13.1. The van der Waals surface area contributed by atoms with E-state index in [1.54, 1.807) is 18.3 Å². The van der Waals surface area contributed by atoms with Gasteiger partial charge in [-0.05, 0) is 68.0 Å². The highest BCUT2D eigenvalue weighted by atomic mass is 35.5. The van der Waals surface area contributed by atoms with Crippen LogP contribution in [0.25, 0.3) is 22.0 Å². The minimum Gasteiger partial charge on any atom is -0.480 e. The molecule has 0 unspecified atom stereocenters. The first-order chi connectivity index (χ1) is 21.1. The second-order valence-electron chi connectivity index (χ2n) is 11.0. The molecule has 0 amide bonds. The third kappa shape index (κ3) is 6.26. The van der Waals surface area contributed by atoms with Gasteiger partial charge >= 0.3 is 0 Å². The number of methoxy groups -OCH3 is 1. The van der Waals surface area contributed by atoms with Crippen LogP contribution in [0.1, 0.15) is 32.1 Å². The molecular formula is C30H30ClF3N6O3S. The fourth-order valence-electron chi connectivity index (χ4n) is 5.95. The van der Waals surface area contributed by atoms with Gasteiger partial charge in [0, 0.05) is 43.0 Å². The van der Waals surface area contributed by atoms with Crippen molar-refractivity contribution in [2.45, 2.75) is 55.3 Å². The fourth-order valence-corrected chi connectivity index (χ4v) is 7.38. The van der Waals surface area contributed by atoms with Crippen molar-refractivity contribution in [2.24, 2.45) is 0 Å². The quantitative estimate of drug-likeness (QED) is 0.233. The van der Waals surface area contributed by atoms with Crippen LogP contribution in [-0.2, 0) is 10.0 Å². The molecule has 0 spiro atoms. The van der Waals surface area contributed by atoms with Gasteiger partial charge < -0.3 is 10.1 Å². The largest absolute Gasteiger partial charge is 0.480 e. The summed E-state index contributed by atoms with van der Waals surface area (Å²) in [6.45, 7) is 1.35. The van der Waals surface area contributed by atoms with Gasteiger partial charge in [-0.25, -0.2) is 36.5 Å². The van der Waals surface area contributed by atoms with Crippen LogP contribution in [0.15, 0.2) is 53.7 Å². The van der Waals surface area contributed by atoms with Crippen LogP contribution >= 0.6 is 11.6 Å². The molecule has 6 rings (SSSR count). The number of likely N-dealkylation sites (tertiary alicyclic amines) is 1. The van der Waals surface area contributed by atoms with E-state index in [9.17, 15) is 17.2 Å². The van der Waals surface area contributed by atoms with E-state index in [-0.39, 0.29) is 22.5 Å². The standard InChI is InChI=1S/C30H30ClF3N6O3S/c1-43-29-26(13-19(31)15-35-29)44(41,42)39-25-9-7-23(33)27(28(25)34)17-2-8-24-18(12-17)14-36-30(38-24)37-21-3-5-22(6-4-21)40-11-10-20(32)16-40/h2,7-9,12-15,20-22,39H,3-6,10-11,16H2,1H3,(H,36,37,38)/t20-,21-,22-/m1/s1. The second kappa shape index (κ2) is 12.4. The van der Waals surface area contributed by atoms with Crippen LogP contribution in [0.5, 0.6) is 5.88 Å². The number of ether oxygens (including phenoxy) is 1.